The topological polar surface area (TPSA) is 111 Å². The van der Waals surface area contributed by atoms with E-state index in [9.17, 15) is 8.42 Å². The molecule has 3 N–H and O–H groups in total. The Balaban J connectivity index is 2.29. The van der Waals surface area contributed by atoms with Crippen molar-refractivity contribution in [3.63, 3.8) is 0 Å². The van der Waals surface area contributed by atoms with Crippen LogP contribution in [0.15, 0.2) is 10.9 Å². The largest absolute Gasteiger partial charge is 0.340 e. The van der Waals surface area contributed by atoms with Gasteiger partial charge < -0.3 is 4.52 Å². The minimum atomic E-state index is -3.62. The SMILES string of the molecule is NS(=O)(=O)NCCc1ncno1. The third kappa shape index (κ3) is 3.42. The minimum Gasteiger partial charge on any atom is -0.340 e. The zero-order valence-electron chi connectivity index (χ0n) is 6.10. The van der Waals surface area contributed by atoms with Gasteiger partial charge in [-0.25, -0.2) is 9.86 Å². The van der Waals surface area contributed by atoms with E-state index in [1.165, 1.54) is 6.33 Å². The predicted octanol–water partition coefficient (Wildman–Crippen LogP) is -1.59. The smallest absolute Gasteiger partial charge is 0.274 e. The van der Waals surface area contributed by atoms with Crippen molar-refractivity contribution in [1.29, 1.82) is 0 Å². The highest BCUT2D eigenvalue weighted by Gasteiger charge is 2.02. The number of hydrogen-bond donors (Lipinski definition) is 2. The van der Waals surface area contributed by atoms with Crippen molar-refractivity contribution >= 4 is 10.2 Å². The maximum Gasteiger partial charge on any atom is 0.274 e. The first-order chi connectivity index (χ1) is 5.58. The summed E-state index contributed by atoms with van der Waals surface area (Å²) in [4.78, 5) is 3.68. The van der Waals surface area contributed by atoms with E-state index in [0.29, 0.717) is 12.3 Å². The van der Waals surface area contributed by atoms with Gasteiger partial charge in [-0.2, -0.15) is 13.4 Å². The lowest BCUT2D eigenvalue weighted by molar-refractivity contribution is 0.377. The van der Waals surface area contributed by atoms with Crippen LogP contribution in [0.2, 0.25) is 0 Å². The lowest BCUT2D eigenvalue weighted by Gasteiger charge is -1.96. The summed E-state index contributed by atoms with van der Waals surface area (Å²) < 4.78 is 27.4. The second kappa shape index (κ2) is 3.61. The Kier molecular flexibility index (Phi) is 2.74. The molecule has 0 radical (unpaired) electrons. The zero-order valence-corrected chi connectivity index (χ0v) is 6.91. The predicted molar refractivity (Wildman–Crippen MR) is 39.1 cm³/mol. The van der Waals surface area contributed by atoms with Crippen LogP contribution < -0.4 is 9.86 Å². The minimum absolute atomic E-state index is 0.154. The summed E-state index contributed by atoms with van der Waals surface area (Å²) in [6.45, 7) is 0.154. The molecule has 0 saturated carbocycles. The average Bonchev–Trinajstić information content (AvgIpc) is 2.36. The molecule has 1 rings (SSSR count). The number of nitrogens with one attached hydrogen (secondary N) is 1. The van der Waals surface area contributed by atoms with Gasteiger partial charge in [0.15, 0.2) is 6.33 Å². The molecule has 68 valence electrons. The lowest BCUT2D eigenvalue weighted by atomic mass is 10.4. The quantitative estimate of drug-likeness (QED) is 0.597. The Bertz CT molecular complexity index is 318. The first kappa shape index (κ1) is 9.10. The van der Waals surface area contributed by atoms with Crippen molar-refractivity contribution in [3.8, 4) is 0 Å². The number of hydrogen-bond acceptors (Lipinski definition) is 5. The van der Waals surface area contributed by atoms with Gasteiger partial charge in [-0.1, -0.05) is 5.16 Å². The average molecular weight is 192 g/mol. The first-order valence-electron chi connectivity index (χ1n) is 3.11. The second-order valence-corrected chi connectivity index (χ2v) is 3.40. The molecule has 1 heterocycles. The monoisotopic (exact) mass is 192 g/mol. The van der Waals surface area contributed by atoms with Gasteiger partial charge in [-0.15, -0.1) is 0 Å². The van der Waals surface area contributed by atoms with Crippen LogP contribution in [0.4, 0.5) is 0 Å². The Morgan fingerprint density at radius 2 is 2.42 bits per heavy atom. The molecule has 0 aliphatic rings. The molecule has 0 amide bonds. The van der Waals surface area contributed by atoms with Crippen LogP contribution in [-0.4, -0.2) is 25.1 Å². The van der Waals surface area contributed by atoms with E-state index in [0.717, 1.165) is 0 Å². The fourth-order valence-corrected chi connectivity index (χ4v) is 0.993. The fourth-order valence-electron chi connectivity index (χ4n) is 0.606. The zero-order chi connectivity index (χ0) is 9.03. The van der Waals surface area contributed by atoms with E-state index in [4.69, 9.17) is 0 Å². The molecular formula is C4H8N4O3S. The van der Waals surface area contributed by atoms with Gasteiger partial charge >= 0.3 is 0 Å². The van der Waals surface area contributed by atoms with Crippen molar-refractivity contribution in [3.05, 3.63) is 12.2 Å². The van der Waals surface area contributed by atoms with Crippen molar-refractivity contribution in [1.82, 2.24) is 14.9 Å². The summed E-state index contributed by atoms with van der Waals surface area (Å²) >= 11 is 0. The van der Waals surface area contributed by atoms with Gasteiger partial charge in [-0.3, -0.25) is 0 Å². The molecule has 1 aromatic rings. The van der Waals surface area contributed by atoms with Crippen LogP contribution >= 0.6 is 0 Å². The molecule has 0 fully saturated rings. The summed E-state index contributed by atoms with van der Waals surface area (Å²) in [5.74, 6) is 0.367. The van der Waals surface area contributed by atoms with Gasteiger partial charge in [-0.05, 0) is 0 Å². The summed E-state index contributed by atoms with van der Waals surface area (Å²) in [5, 5.41) is 8.01. The van der Waals surface area contributed by atoms with Gasteiger partial charge in [0.2, 0.25) is 5.89 Å². The summed E-state index contributed by atoms with van der Waals surface area (Å²) in [6.07, 6.45) is 1.57. The molecule has 0 spiro atoms. The fraction of sp³-hybridized carbons (Fsp3) is 0.500. The van der Waals surface area contributed by atoms with Crippen LogP contribution in [0.5, 0.6) is 0 Å². The number of nitrogens with zero attached hydrogens (tertiary/aromatic N) is 2. The normalized spacial score (nSPS) is 11.8. The van der Waals surface area contributed by atoms with Crippen LogP contribution in [0.25, 0.3) is 0 Å². The molecule has 0 saturated heterocycles. The van der Waals surface area contributed by atoms with Gasteiger partial charge in [0.1, 0.15) is 0 Å². The molecule has 0 aliphatic carbocycles. The maximum atomic E-state index is 10.4. The van der Waals surface area contributed by atoms with E-state index in [1.807, 2.05) is 0 Å². The van der Waals surface area contributed by atoms with Crippen LogP contribution in [-0.2, 0) is 16.6 Å². The Morgan fingerprint density at radius 1 is 1.67 bits per heavy atom. The molecular weight excluding hydrogens is 184 g/mol. The van der Waals surface area contributed by atoms with E-state index in [-0.39, 0.29) is 6.54 Å². The van der Waals surface area contributed by atoms with Crippen LogP contribution in [0.1, 0.15) is 5.89 Å². The standard InChI is InChI=1S/C4H8N4O3S/c5-12(9,10)8-2-1-4-6-3-7-11-4/h3,8H,1-2H2,(H2,5,9,10). The van der Waals surface area contributed by atoms with Crippen LogP contribution in [0, 0.1) is 0 Å². The highest BCUT2D eigenvalue weighted by atomic mass is 32.2. The summed E-state index contributed by atoms with van der Waals surface area (Å²) in [5.41, 5.74) is 0. The Labute approximate surface area is 69.1 Å². The van der Waals surface area contributed by atoms with E-state index < -0.39 is 10.2 Å². The molecule has 0 aromatic carbocycles. The maximum absolute atomic E-state index is 10.4. The van der Waals surface area contributed by atoms with Crippen LogP contribution in [0.3, 0.4) is 0 Å². The van der Waals surface area contributed by atoms with Gasteiger partial charge in [0.05, 0.1) is 0 Å². The summed E-state index contributed by atoms with van der Waals surface area (Å²) in [6, 6.07) is 0. The molecule has 0 bridgehead atoms. The van der Waals surface area contributed by atoms with Gasteiger partial charge in [0.25, 0.3) is 10.2 Å². The molecule has 12 heavy (non-hydrogen) atoms. The highest BCUT2D eigenvalue weighted by molar-refractivity contribution is 7.87. The van der Waals surface area contributed by atoms with Crippen molar-refractivity contribution in [2.24, 2.45) is 5.14 Å². The van der Waals surface area contributed by atoms with E-state index in [1.54, 1.807) is 0 Å². The second-order valence-electron chi connectivity index (χ2n) is 2.02. The molecule has 0 atom stereocenters. The number of aromatic nitrogens is 2. The van der Waals surface area contributed by atoms with E-state index >= 15 is 0 Å². The van der Waals surface area contributed by atoms with Crippen molar-refractivity contribution < 1.29 is 12.9 Å². The molecule has 0 aliphatic heterocycles. The van der Waals surface area contributed by atoms with Crippen molar-refractivity contribution in [2.75, 3.05) is 6.54 Å². The Morgan fingerprint density at radius 3 is 2.92 bits per heavy atom. The third-order valence-corrected chi connectivity index (χ3v) is 1.66. The Hall–Kier alpha value is -0.990. The third-order valence-electron chi connectivity index (χ3n) is 1.05. The number of rotatable bonds is 4. The van der Waals surface area contributed by atoms with E-state index in [2.05, 4.69) is 24.5 Å². The highest BCUT2D eigenvalue weighted by Crippen LogP contribution is 1.90. The lowest BCUT2D eigenvalue weighted by Crippen LogP contribution is -2.32. The summed E-state index contributed by atoms with van der Waals surface area (Å²) in [7, 11) is -3.62. The van der Waals surface area contributed by atoms with Crippen molar-refractivity contribution in [2.45, 2.75) is 6.42 Å². The first-order valence-corrected chi connectivity index (χ1v) is 4.65. The molecule has 1 aromatic heterocycles. The van der Waals surface area contributed by atoms with Gasteiger partial charge in [0, 0.05) is 13.0 Å². The number of nitrogens with two attached hydrogens (primary N) is 1. The molecule has 8 heteroatoms. The molecule has 7 nitrogen and oxygen atoms in total. The molecule has 0 unspecified atom stereocenters.